The summed E-state index contributed by atoms with van der Waals surface area (Å²) in [6.45, 7) is 5.49. The van der Waals surface area contributed by atoms with E-state index in [-0.39, 0.29) is 21.9 Å². The SMILES string of the molecule is CCOc1cccc(C2/C(=C(\O)c3cc(OCC)ccc3Cl)C(=O)C(=O)N2CCN(C)C)c1. The topological polar surface area (TPSA) is 79.3 Å². The maximum absolute atomic E-state index is 13.2. The fourth-order valence-corrected chi connectivity index (χ4v) is 4.00. The number of hydrogen-bond acceptors (Lipinski definition) is 6. The van der Waals surface area contributed by atoms with Gasteiger partial charge in [-0.2, -0.15) is 0 Å². The first-order valence-corrected chi connectivity index (χ1v) is 11.2. The van der Waals surface area contributed by atoms with Gasteiger partial charge in [-0.05, 0) is 63.8 Å². The first-order chi connectivity index (χ1) is 15.8. The van der Waals surface area contributed by atoms with Crippen molar-refractivity contribution in [3.63, 3.8) is 0 Å². The summed E-state index contributed by atoms with van der Waals surface area (Å²) in [6, 6.07) is 11.3. The molecule has 2 aromatic rings. The van der Waals surface area contributed by atoms with Crippen molar-refractivity contribution < 1.29 is 24.2 Å². The van der Waals surface area contributed by atoms with Gasteiger partial charge in [0, 0.05) is 18.7 Å². The smallest absolute Gasteiger partial charge is 0.295 e. The second kappa shape index (κ2) is 10.7. The summed E-state index contributed by atoms with van der Waals surface area (Å²) in [5, 5.41) is 11.5. The molecule has 3 rings (SSSR count). The van der Waals surface area contributed by atoms with Crippen molar-refractivity contribution in [3.05, 3.63) is 64.2 Å². The average Bonchev–Trinajstić information content (AvgIpc) is 3.04. The van der Waals surface area contributed by atoms with Gasteiger partial charge in [-0.25, -0.2) is 0 Å². The number of likely N-dealkylation sites (tertiary alicyclic amines) is 1. The molecule has 1 unspecified atom stereocenters. The van der Waals surface area contributed by atoms with Gasteiger partial charge in [0.25, 0.3) is 11.7 Å². The third-order valence-corrected chi connectivity index (χ3v) is 5.65. The van der Waals surface area contributed by atoms with Crippen molar-refractivity contribution in [1.82, 2.24) is 9.80 Å². The van der Waals surface area contributed by atoms with E-state index >= 15 is 0 Å². The van der Waals surface area contributed by atoms with E-state index in [4.69, 9.17) is 21.1 Å². The minimum Gasteiger partial charge on any atom is -0.507 e. The normalized spacial score (nSPS) is 17.6. The van der Waals surface area contributed by atoms with Gasteiger partial charge in [0.05, 0.1) is 29.9 Å². The molecular weight excluding hydrogens is 444 g/mol. The molecule has 1 N–H and O–H groups in total. The second-order valence-corrected chi connectivity index (χ2v) is 8.28. The molecule has 1 aliphatic rings. The van der Waals surface area contributed by atoms with E-state index in [1.165, 1.54) is 4.90 Å². The third kappa shape index (κ3) is 5.31. The molecule has 1 fully saturated rings. The molecule has 1 saturated heterocycles. The number of aliphatic hydroxyl groups is 1. The Morgan fingerprint density at radius 1 is 1.06 bits per heavy atom. The lowest BCUT2D eigenvalue weighted by atomic mass is 9.95. The van der Waals surface area contributed by atoms with Crippen molar-refractivity contribution in [2.24, 2.45) is 0 Å². The van der Waals surface area contributed by atoms with Crippen LogP contribution >= 0.6 is 11.6 Å². The van der Waals surface area contributed by atoms with Crippen LogP contribution in [-0.2, 0) is 9.59 Å². The van der Waals surface area contributed by atoms with Crippen LogP contribution in [0.2, 0.25) is 5.02 Å². The van der Waals surface area contributed by atoms with E-state index in [1.54, 1.807) is 36.4 Å². The van der Waals surface area contributed by atoms with E-state index < -0.39 is 17.7 Å². The highest BCUT2D eigenvalue weighted by Gasteiger charge is 2.46. The molecule has 1 heterocycles. The Kier molecular flexibility index (Phi) is 8.00. The highest BCUT2D eigenvalue weighted by Crippen LogP contribution is 2.41. The number of nitrogens with zero attached hydrogens (tertiary/aromatic N) is 2. The van der Waals surface area contributed by atoms with Crippen LogP contribution in [0.25, 0.3) is 5.76 Å². The third-order valence-electron chi connectivity index (χ3n) is 5.32. The zero-order chi connectivity index (χ0) is 24.1. The van der Waals surface area contributed by atoms with Crippen molar-refractivity contribution in [2.75, 3.05) is 40.4 Å². The maximum atomic E-state index is 13.2. The highest BCUT2D eigenvalue weighted by molar-refractivity contribution is 6.47. The first kappa shape index (κ1) is 24.6. The number of ketones is 1. The van der Waals surface area contributed by atoms with Gasteiger partial charge in [0.1, 0.15) is 17.3 Å². The summed E-state index contributed by atoms with van der Waals surface area (Å²) in [5.74, 6) is -0.637. The summed E-state index contributed by atoms with van der Waals surface area (Å²) in [6.07, 6.45) is 0. The van der Waals surface area contributed by atoms with Gasteiger partial charge in [0.2, 0.25) is 0 Å². The Morgan fingerprint density at radius 2 is 1.73 bits per heavy atom. The molecule has 8 heteroatoms. The number of Topliss-reactive ketones (excluding diaryl/α,β-unsaturated/α-hetero) is 1. The number of rotatable bonds is 9. The fraction of sp³-hybridized carbons (Fsp3) is 0.360. The standard InChI is InChI=1S/C25H29ClN2O5/c1-5-32-17-9-7-8-16(14-17)22-21(24(30)25(31)28(22)13-12-27(3)4)23(29)19-15-18(33-6-2)10-11-20(19)26/h7-11,14-15,22,29H,5-6,12-13H2,1-4H3/b23-21+. The number of likely N-dealkylation sites (N-methyl/N-ethyl adjacent to an activating group) is 1. The van der Waals surface area contributed by atoms with Crippen LogP contribution in [0, 0.1) is 0 Å². The maximum Gasteiger partial charge on any atom is 0.295 e. The Morgan fingerprint density at radius 3 is 2.36 bits per heavy atom. The number of amides is 1. The van der Waals surface area contributed by atoms with Gasteiger partial charge in [-0.15, -0.1) is 0 Å². The minimum absolute atomic E-state index is 0.0112. The predicted molar refractivity (Wildman–Crippen MR) is 128 cm³/mol. The van der Waals surface area contributed by atoms with E-state index in [0.29, 0.717) is 43.4 Å². The minimum atomic E-state index is -0.780. The molecule has 2 aromatic carbocycles. The van der Waals surface area contributed by atoms with Crippen LogP contribution in [-0.4, -0.2) is 67.0 Å². The van der Waals surface area contributed by atoms with E-state index in [9.17, 15) is 14.7 Å². The predicted octanol–water partition coefficient (Wildman–Crippen LogP) is 4.12. The van der Waals surface area contributed by atoms with Crippen LogP contribution in [0.5, 0.6) is 11.5 Å². The number of carbonyl (C=O) groups is 2. The molecule has 0 saturated carbocycles. The van der Waals surface area contributed by atoms with Crippen molar-refractivity contribution in [3.8, 4) is 11.5 Å². The second-order valence-electron chi connectivity index (χ2n) is 7.88. The van der Waals surface area contributed by atoms with E-state index in [2.05, 4.69) is 0 Å². The number of halogens is 1. The lowest BCUT2D eigenvalue weighted by Crippen LogP contribution is -2.35. The largest absolute Gasteiger partial charge is 0.507 e. The van der Waals surface area contributed by atoms with Crippen molar-refractivity contribution >= 4 is 29.1 Å². The van der Waals surface area contributed by atoms with E-state index in [0.717, 1.165) is 0 Å². The monoisotopic (exact) mass is 472 g/mol. The molecule has 1 aliphatic heterocycles. The van der Waals surface area contributed by atoms with Crippen LogP contribution < -0.4 is 9.47 Å². The lowest BCUT2D eigenvalue weighted by Gasteiger charge is -2.27. The van der Waals surface area contributed by atoms with Gasteiger partial charge in [-0.3, -0.25) is 9.59 Å². The molecule has 33 heavy (non-hydrogen) atoms. The Labute approximate surface area is 199 Å². The molecule has 1 atom stereocenters. The molecule has 176 valence electrons. The number of benzene rings is 2. The van der Waals surface area contributed by atoms with Gasteiger partial charge < -0.3 is 24.4 Å². The van der Waals surface area contributed by atoms with Crippen LogP contribution in [0.1, 0.15) is 31.0 Å². The summed E-state index contributed by atoms with van der Waals surface area (Å²) in [5.41, 5.74) is 0.889. The number of aliphatic hydroxyl groups excluding tert-OH is 1. The Balaban J connectivity index is 2.18. The molecule has 0 bridgehead atoms. The molecule has 0 spiro atoms. The summed E-state index contributed by atoms with van der Waals surface area (Å²) >= 11 is 6.37. The van der Waals surface area contributed by atoms with Crippen LogP contribution in [0.4, 0.5) is 0 Å². The average molecular weight is 473 g/mol. The molecular formula is C25H29ClN2O5. The highest BCUT2D eigenvalue weighted by atomic mass is 35.5. The molecule has 0 aromatic heterocycles. The molecule has 0 aliphatic carbocycles. The van der Waals surface area contributed by atoms with Crippen molar-refractivity contribution in [2.45, 2.75) is 19.9 Å². The van der Waals surface area contributed by atoms with Gasteiger partial charge >= 0.3 is 0 Å². The number of carbonyl (C=O) groups excluding carboxylic acids is 2. The number of hydrogen-bond donors (Lipinski definition) is 1. The summed E-state index contributed by atoms with van der Waals surface area (Å²) < 4.78 is 11.1. The zero-order valence-corrected chi connectivity index (χ0v) is 20.1. The van der Waals surface area contributed by atoms with Crippen LogP contribution in [0.15, 0.2) is 48.0 Å². The lowest BCUT2D eigenvalue weighted by molar-refractivity contribution is -0.140. The quantitative estimate of drug-likeness (QED) is 0.336. The van der Waals surface area contributed by atoms with Crippen LogP contribution in [0.3, 0.4) is 0 Å². The molecule has 0 radical (unpaired) electrons. The Hall–Kier alpha value is -3.03. The first-order valence-electron chi connectivity index (χ1n) is 10.9. The molecule has 1 amide bonds. The Bertz CT molecular complexity index is 1070. The fourth-order valence-electron chi connectivity index (χ4n) is 3.79. The van der Waals surface area contributed by atoms with Gasteiger partial charge in [-0.1, -0.05) is 23.7 Å². The number of ether oxygens (including phenoxy) is 2. The van der Waals surface area contributed by atoms with Gasteiger partial charge in [0.15, 0.2) is 0 Å². The zero-order valence-electron chi connectivity index (χ0n) is 19.3. The van der Waals surface area contributed by atoms with E-state index in [1.807, 2.05) is 38.9 Å². The molecule has 7 nitrogen and oxygen atoms in total. The van der Waals surface area contributed by atoms with Crippen molar-refractivity contribution in [1.29, 1.82) is 0 Å². The summed E-state index contributed by atoms with van der Waals surface area (Å²) in [7, 11) is 3.78. The summed E-state index contributed by atoms with van der Waals surface area (Å²) in [4.78, 5) is 29.6.